The quantitative estimate of drug-likeness (QED) is 0.344. The third-order valence-corrected chi connectivity index (χ3v) is 3.80. The van der Waals surface area contributed by atoms with E-state index < -0.39 is 22.2 Å². The highest BCUT2D eigenvalue weighted by atomic mass is 19.1. The van der Waals surface area contributed by atoms with Crippen molar-refractivity contribution in [3.63, 3.8) is 0 Å². The first-order valence-electron chi connectivity index (χ1n) is 7.90. The van der Waals surface area contributed by atoms with Crippen LogP contribution in [-0.2, 0) is 0 Å². The third-order valence-electron chi connectivity index (χ3n) is 3.80. The minimum Gasteiger partial charge on any atom is -0.378 e. The normalized spacial score (nSPS) is 10.6. The average molecular weight is 371 g/mol. The van der Waals surface area contributed by atoms with E-state index in [1.165, 1.54) is 30.6 Å². The van der Waals surface area contributed by atoms with Crippen LogP contribution in [0.15, 0.2) is 47.5 Å². The van der Waals surface area contributed by atoms with E-state index in [1.54, 1.807) is 6.07 Å². The van der Waals surface area contributed by atoms with Crippen LogP contribution < -0.4 is 16.2 Å². The number of hydrogen-bond donors (Lipinski definition) is 3. The largest absolute Gasteiger partial charge is 0.378 e. The predicted molar refractivity (Wildman–Crippen MR) is 96.2 cm³/mol. The molecule has 0 aliphatic heterocycles. The van der Waals surface area contributed by atoms with Crippen molar-refractivity contribution < 1.29 is 14.1 Å². The third kappa shape index (κ3) is 3.89. The van der Waals surface area contributed by atoms with Crippen molar-refractivity contribution in [3.8, 4) is 0 Å². The van der Waals surface area contributed by atoms with Gasteiger partial charge in [-0.25, -0.2) is 9.37 Å². The van der Waals surface area contributed by atoms with E-state index in [0.717, 1.165) is 6.07 Å². The molecule has 1 aromatic heterocycles. The number of hydrogen-bond acceptors (Lipinski definition) is 6. The number of anilines is 1. The van der Waals surface area contributed by atoms with Crippen LogP contribution >= 0.6 is 0 Å². The van der Waals surface area contributed by atoms with Crippen molar-refractivity contribution in [1.29, 1.82) is 0 Å². The molecule has 0 saturated carbocycles. The summed E-state index contributed by atoms with van der Waals surface area (Å²) in [4.78, 5) is 40.7. The number of halogens is 1. The molecule has 138 valence electrons. The van der Waals surface area contributed by atoms with Crippen LogP contribution in [0, 0.1) is 15.9 Å². The molecule has 0 saturated heterocycles. The molecule has 3 rings (SSSR count). The van der Waals surface area contributed by atoms with E-state index in [2.05, 4.69) is 20.6 Å². The summed E-state index contributed by atoms with van der Waals surface area (Å²) in [5, 5.41) is 16.7. The first-order chi connectivity index (χ1) is 13.0. The Balaban J connectivity index is 1.70. The molecule has 3 N–H and O–H groups in total. The molecular weight excluding hydrogens is 357 g/mol. The molecule has 0 aliphatic rings. The number of carbonyl (C=O) groups is 1. The molecule has 1 amide bonds. The van der Waals surface area contributed by atoms with Crippen LogP contribution in [0.1, 0.15) is 10.4 Å². The molecular formula is C17H14FN5O4. The molecule has 9 nitrogen and oxygen atoms in total. The maximum Gasteiger partial charge on any atom is 0.293 e. The number of nitrogens with zero attached hydrogens (tertiary/aromatic N) is 2. The van der Waals surface area contributed by atoms with Crippen molar-refractivity contribution in [2.24, 2.45) is 0 Å². The highest BCUT2D eigenvalue weighted by molar-refractivity contribution is 5.94. The molecule has 0 bridgehead atoms. The van der Waals surface area contributed by atoms with Gasteiger partial charge in [-0.2, -0.15) is 0 Å². The van der Waals surface area contributed by atoms with Gasteiger partial charge >= 0.3 is 0 Å². The molecule has 1 heterocycles. The lowest BCUT2D eigenvalue weighted by Crippen LogP contribution is -2.29. The van der Waals surface area contributed by atoms with Gasteiger partial charge in [0.15, 0.2) is 0 Å². The highest BCUT2D eigenvalue weighted by Crippen LogP contribution is 2.27. The van der Waals surface area contributed by atoms with Gasteiger partial charge in [-0.1, -0.05) is 12.1 Å². The van der Waals surface area contributed by atoms with Gasteiger partial charge in [0.2, 0.25) is 0 Å². The first kappa shape index (κ1) is 18.0. The van der Waals surface area contributed by atoms with Gasteiger partial charge in [-0.05, 0) is 18.2 Å². The summed E-state index contributed by atoms with van der Waals surface area (Å²) in [6, 6.07) is 8.09. The van der Waals surface area contributed by atoms with Gasteiger partial charge in [0.1, 0.15) is 11.5 Å². The van der Waals surface area contributed by atoms with Crippen LogP contribution in [0.5, 0.6) is 0 Å². The van der Waals surface area contributed by atoms with Crippen LogP contribution in [0.3, 0.4) is 0 Å². The van der Waals surface area contributed by atoms with Crippen molar-refractivity contribution in [2.45, 2.75) is 0 Å². The molecule has 0 aliphatic carbocycles. The van der Waals surface area contributed by atoms with Crippen molar-refractivity contribution in [3.05, 3.63) is 74.6 Å². The zero-order valence-corrected chi connectivity index (χ0v) is 13.9. The minimum absolute atomic E-state index is 0.0855. The van der Waals surface area contributed by atoms with E-state index in [9.17, 15) is 24.1 Å². The Labute approximate surface area is 151 Å². The maximum atomic E-state index is 13.6. The Morgan fingerprint density at radius 2 is 2.04 bits per heavy atom. The number of aromatic amines is 1. The van der Waals surface area contributed by atoms with Gasteiger partial charge in [-0.15, -0.1) is 0 Å². The smallest absolute Gasteiger partial charge is 0.293 e. The number of fused-ring (bicyclic) bond motifs is 1. The lowest BCUT2D eigenvalue weighted by molar-refractivity contribution is -0.383. The fraction of sp³-hybridized carbons (Fsp3) is 0.118. The zero-order valence-electron chi connectivity index (χ0n) is 13.9. The SMILES string of the molecule is O=C(NCCNc1cc2nc[nH]c(=O)c2cc1[N+](=O)[O-])c1ccccc1F. The monoisotopic (exact) mass is 371 g/mol. The number of benzene rings is 2. The van der Waals surface area contributed by atoms with Gasteiger partial charge in [0, 0.05) is 19.2 Å². The van der Waals surface area contributed by atoms with Gasteiger partial charge in [0.05, 0.1) is 27.7 Å². The van der Waals surface area contributed by atoms with Crippen molar-refractivity contribution >= 4 is 28.2 Å². The minimum atomic E-state index is -0.635. The van der Waals surface area contributed by atoms with Gasteiger partial charge < -0.3 is 15.6 Å². The summed E-state index contributed by atoms with van der Waals surface area (Å²) in [6.07, 6.45) is 1.20. The number of nitro groups is 1. The summed E-state index contributed by atoms with van der Waals surface area (Å²) >= 11 is 0. The predicted octanol–water partition coefficient (Wildman–Crippen LogP) is 1.81. The summed E-state index contributed by atoms with van der Waals surface area (Å²) in [6.45, 7) is 0.251. The van der Waals surface area contributed by atoms with Crippen LogP contribution in [0.4, 0.5) is 15.8 Å². The van der Waals surface area contributed by atoms with Crippen LogP contribution in [0.2, 0.25) is 0 Å². The molecule has 3 aromatic rings. The molecule has 0 fully saturated rings. The number of carbonyl (C=O) groups excluding carboxylic acids is 1. The number of aromatic nitrogens is 2. The molecule has 0 spiro atoms. The highest BCUT2D eigenvalue weighted by Gasteiger charge is 2.17. The summed E-state index contributed by atoms with van der Waals surface area (Å²) in [5.74, 6) is -1.22. The summed E-state index contributed by atoms with van der Waals surface area (Å²) < 4.78 is 13.6. The fourth-order valence-corrected chi connectivity index (χ4v) is 2.51. The molecule has 0 atom stereocenters. The van der Waals surface area contributed by atoms with Crippen molar-refractivity contribution in [1.82, 2.24) is 15.3 Å². The van der Waals surface area contributed by atoms with E-state index >= 15 is 0 Å². The average Bonchev–Trinajstić information content (AvgIpc) is 2.65. The second kappa shape index (κ2) is 7.60. The maximum absolute atomic E-state index is 13.6. The molecule has 0 unspecified atom stereocenters. The van der Waals surface area contributed by atoms with E-state index in [1.807, 2.05) is 0 Å². The van der Waals surface area contributed by atoms with Crippen molar-refractivity contribution in [2.75, 3.05) is 18.4 Å². The molecule has 27 heavy (non-hydrogen) atoms. The lowest BCUT2D eigenvalue weighted by Gasteiger charge is -2.09. The number of amides is 1. The Bertz CT molecular complexity index is 1080. The van der Waals surface area contributed by atoms with Crippen LogP contribution in [0.25, 0.3) is 10.9 Å². The molecule has 0 radical (unpaired) electrons. The number of nitro benzene ring substituents is 1. The van der Waals surface area contributed by atoms with E-state index in [0.29, 0.717) is 5.52 Å². The second-order valence-corrected chi connectivity index (χ2v) is 5.54. The Morgan fingerprint density at radius 3 is 2.78 bits per heavy atom. The first-order valence-corrected chi connectivity index (χ1v) is 7.90. The second-order valence-electron chi connectivity index (χ2n) is 5.54. The van der Waals surface area contributed by atoms with Crippen LogP contribution in [-0.4, -0.2) is 33.9 Å². The summed E-state index contributed by atoms with van der Waals surface area (Å²) in [7, 11) is 0. The Kier molecular flexibility index (Phi) is 5.06. The standard InChI is InChI=1S/C17H14FN5O4/c18-12-4-2-1-3-10(12)16(24)20-6-5-19-14-8-13-11(7-15(14)23(26)27)17(25)22-9-21-13/h1-4,7-9,19H,5-6H2,(H,20,24)(H,21,22,25). The van der Waals surface area contributed by atoms with Gasteiger partial charge in [-0.3, -0.25) is 19.7 Å². The van der Waals surface area contributed by atoms with E-state index in [4.69, 9.17) is 0 Å². The number of H-pyrrole nitrogens is 1. The molecule has 10 heteroatoms. The lowest BCUT2D eigenvalue weighted by atomic mass is 10.2. The zero-order chi connectivity index (χ0) is 19.4. The fourth-order valence-electron chi connectivity index (χ4n) is 2.51. The number of nitrogens with one attached hydrogen (secondary N) is 3. The van der Waals surface area contributed by atoms with Gasteiger partial charge in [0.25, 0.3) is 17.2 Å². The topological polar surface area (TPSA) is 130 Å². The summed E-state index contributed by atoms with van der Waals surface area (Å²) in [5.41, 5.74) is -0.404. The number of rotatable bonds is 6. The Morgan fingerprint density at radius 1 is 1.26 bits per heavy atom. The Hall–Kier alpha value is -3.82. The molecule has 2 aromatic carbocycles. The van der Waals surface area contributed by atoms with E-state index in [-0.39, 0.29) is 35.4 Å².